The minimum atomic E-state index is -3.78. The van der Waals surface area contributed by atoms with Crippen LogP contribution in [0.3, 0.4) is 0 Å². The summed E-state index contributed by atoms with van der Waals surface area (Å²) in [5.41, 5.74) is 5.68. The molecular weight excluding hydrogens is 402 g/mol. The van der Waals surface area contributed by atoms with Crippen molar-refractivity contribution in [1.29, 1.82) is 0 Å². The number of nitrogens with two attached hydrogens (primary N) is 1. The number of carbonyl (C=O) groups is 1. The van der Waals surface area contributed by atoms with Crippen molar-refractivity contribution in [2.24, 2.45) is 11.7 Å². The fourth-order valence-electron chi connectivity index (χ4n) is 3.73. The summed E-state index contributed by atoms with van der Waals surface area (Å²) in [4.78, 5) is 12.7. The van der Waals surface area contributed by atoms with Gasteiger partial charge in [-0.05, 0) is 56.7 Å². The van der Waals surface area contributed by atoms with Crippen LogP contribution in [0.5, 0.6) is 5.75 Å². The van der Waals surface area contributed by atoms with Crippen LogP contribution < -0.4 is 20.5 Å². The second-order valence-electron chi connectivity index (χ2n) is 7.82. The summed E-state index contributed by atoms with van der Waals surface area (Å²) in [5, 5.41) is 2.99. The van der Waals surface area contributed by atoms with Crippen molar-refractivity contribution < 1.29 is 17.9 Å². The highest BCUT2D eigenvalue weighted by molar-refractivity contribution is 7.89. The van der Waals surface area contributed by atoms with E-state index in [9.17, 15) is 13.2 Å². The van der Waals surface area contributed by atoms with Gasteiger partial charge in [0.2, 0.25) is 10.0 Å². The first-order valence-electron chi connectivity index (χ1n) is 9.52. The monoisotopic (exact) mass is 431 g/mol. The van der Waals surface area contributed by atoms with Crippen molar-refractivity contribution >= 4 is 28.3 Å². The van der Waals surface area contributed by atoms with Crippen molar-refractivity contribution in [1.82, 2.24) is 10.0 Å². The average molecular weight is 432 g/mol. The molecule has 0 saturated heterocycles. The minimum Gasteiger partial charge on any atom is -0.495 e. The van der Waals surface area contributed by atoms with E-state index in [0.717, 1.165) is 38.5 Å². The standard InChI is InChI=1S/C19H29N3O4S.ClH/c1-19(12-20,14-8-9-14)21-18(23)13-7-10-16(26-2)17(11-13)27(24,25)22-15-5-3-4-6-15;/h7,10-11,14-15,22H,3-6,8-9,12,20H2,1-2H3,(H,21,23);1H. The number of rotatable bonds is 8. The van der Waals surface area contributed by atoms with Crippen LogP contribution in [0.2, 0.25) is 0 Å². The topological polar surface area (TPSA) is 111 Å². The molecule has 2 aliphatic rings. The first-order chi connectivity index (χ1) is 12.8. The Hall–Kier alpha value is -1.35. The Morgan fingerprint density at radius 3 is 2.43 bits per heavy atom. The molecule has 2 fully saturated rings. The molecule has 0 aliphatic heterocycles. The van der Waals surface area contributed by atoms with Crippen LogP contribution >= 0.6 is 12.4 Å². The largest absolute Gasteiger partial charge is 0.495 e. The second-order valence-corrected chi connectivity index (χ2v) is 9.50. The summed E-state index contributed by atoms with van der Waals surface area (Å²) in [6.07, 6.45) is 5.79. The molecule has 0 radical (unpaired) electrons. The highest BCUT2D eigenvalue weighted by Gasteiger charge is 2.41. The molecule has 158 valence electrons. The van der Waals surface area contributed by atoms with Crippen molar-refractivity contribution in [2.45, 2.75) is 61.9 Å². The summed E-state index contributed by atoms with van der Waals surface area (Å²) in [5.74, 6) is 0.271. The average Bonchev–Trinajstić information content (AvgIpc) is 3.40. The molecule has 1 unspecified atom stereocenters. The summed E-state index contributed by atoms with van der Waals surface area (Å²) >= 11 is 0. The number of halogens is 1. The number of methoxy groups -OCH3 is 1. The Bertz CT molecular complexity index is 807. The highest BCUT2D eigenvalue weighted by atomic mass is 35.5. The van der Waals surface area contributed by atoms with E-state index in [4.69, 9.17) is 10.5 Å². The van der Waals surface area contributed by atoms with E-state index in [-0.39, 0.29) is 40.6 Å². The highest BCUT2D eigenvalue weighted by Crippen LogP contribution is 2.39. The zero-order valence-corrected chi connectivity index (χ0v) is 18.0. The van der Waals surface area contributed by atoms with E-state index in [1.54, 1.807) is 6.07 Å². The summed E-state index contributed by atoms with van der Waals surface area (Å²) in [6, 6.07) is 4.42. The van der Waals surface area contributed by atoms with E-state index in [1.165, 1.54) is 19.2 Å². The quantitative estimate of drug-likeness (QED) is 0.584. The molecule has 9 heteroatoms. The summed E-state index contributed by atoms with van der Waals surface area (Å²) < 4.78 is 33.7. The smallest absolute Gasteiger partial charge is 0.251 e. The van der Waals surface area contributed by atoms with E-state index in [1.807, 2.05) is 6.92 Å². The van der Waals surface area contributed by atoms with Gasteiger partial charge in [0, 0.05) is 18.2 Å². The van der Waals surface area contributed by atoms with Gasteiger partial charge in [-0.1, -0.05) is 12.8 Å². The Balaban J connectivity index is 0.00000280. The van der Waals surface area contributed by atoms with E-state index in [0.29, 0.717) is 12.5 Å². The Morgan fingerprint density at radius 1 is 1.25 bits per heavy atom. The molecule has 1 aromatic carbocycles. The number of amides is 1. The van der Waals surface area contributed by atoms with Crippen LogP contribution in [0.1, 0.15) is 55.8 Å². The van der Waals surface area contributed by atoms with Crippen LogP contribution in [0.25, 0.3) is 0 Å². The van der Waals surface area contributed by atoms with Gasteiger partial charge in [0.1, 0.15) is 10.6 Å². The lowest BCUT2D eigenvalue weighted by atomic mass is 9.95. The summed E-state index contributed by atoms with van der Waals surface area (Å²) in [6.45, 7) is 2.28. The van der Waals surface area contributed by atoms with Gasteiger partial charge in [-0.3, -0.25) is 4.79 Å². The lowest BCUT2D eigenvalue weighted by molar-refractivity contribution is 0.0897. The van der Waals surface area contributed by atoms with Crippen LogP contribution in [0.4, 0.5) is 0 Å². The lowest BCUT2D eigenvalue weighted by Gasteiger charge is -2.29. The Kier molecular flexibility index (Phi) is 7.36. The van der Waals surface area contributed by atoms with Crippen molar-refractivity contribution in [3.05, 3.63) is 23.8 Å². The van der Waals surface area contributed by atoms with Crippen molar-refractivity contribution in [2.75, 3.05) is 13.7 Å². The fraction of sp³-hybridized carbons (Fsp3) is 0.632. The molecular formula is C19H30ClN3O4S. The van der Waals surface area contributed by atoms with Crippen molar-refractivity contribution in [3.63, 3.8) is 0 Å². The van der Waals surface area contributed by atoms with Crippen LogP contribution in [0.15, 0.2) is 23.1 Å². The third-order valence-corrected chi connectivity index (χ3v) is 7.24. The minimum absolute atomic E-state index is 0. The third-order valence-electron chi connectivity index (χ3n) is 5.69. The number of benzene rings is 1. The Morgan fingerprint density at radius 2 is 1.89 bits per heavy atom. The molecule has 0 bridgehead atoms. The van der Waals surface area contributed by atoms with Crippen LogP contribution in [-0.4, -0.2) is 39.6 Å². The van der Waals surface area contributed by atoms with Gasteiger partial charge in [0.25, 0.3) is 5.91 Å². The zero-order chi connectivity index (χ0) is 19.7. The lowest BCUT2D eigenvalue weighted by Crippen LogP contribution is -2.53. The molecule has 3 rings (SSSR count). The molecule has 28 heavy (non-hydrogen) atoms. The van der Waals surface area contributed by atoms with Crippen LogP contribution in [-0.2, 0) is 10.0 Å². The molecule has 0 spiro atoms. The maximum absolute atomic E-state index is 12.9. The molecule has 0 heterocycles. The number of sulfonamides is 1. The van der Waals surface area contributed by atoms with Crippen molar-refractivity contribution in [3.8, 4) is 5.75 Å². The molecule has 2 saturated carbocycles. The molecule has 4 N–H and O–H groups in total. The van der Waals surface area contributed by atoms with Gasteiger partial charge in [0.15, 0.2) is 0 Å². The van der Waals surface area contributed by atoms with E-state index >= 15 is 0 Å². The molecule has 1 aromatic rings. The third kappa shape index (κ3) is 4.97. The second kappa shape index (κ2) is 8.98. The maximum atomic E-state index is 12.9. The number of ether oxygens (including phenoxy) is 1. The van der Waals surface area contributed by atoms with Gasteiger partial charge < -0.3 is 15.8 Å². The predicted molar refractivity (Wildman–Crippen MR) is 110 cm³/mol. The normalized spacial score (nSPS) is 19.5. The SMILES string of the molecule is COc1ccc(C(=O)NC(C)(CN)C2CC2)cc1S(=O)(=O)NC1CCCC1.Cl. The molecule has 1 atom stereocenters. The van der Waals surface area contributed by atoms with E-state index < -0.39 is 15.6 Å². The van der Waals surface area contributed by atoms with Gasteiger partial charge in [-0.2, -0.15) is 0 Å². The number of hydrogen-bond donors (Lipinski definition) is 3. The van der Waals surface area contributed by atoms with E-state index in [2.05, 4.69) is 10.0 Å². The Labute approximate surface area is 173 Å². The molecule has 1 amide bonds. The molecule has 7 nitrogen and oxygen atoms in total. The van der Waals surface area contributed by atoms with Crippen LogP contribution in [0, 0.1) is 5.92 Å². The van der Waals surface area contributed by atoms with Gasteiger partial charge in [0.05, 0.1) is 12.6 Å². The molecule has 2 aliphatic carbocycles. The zero-order valence-electron chi connectivity index (χ0n) is 16.4. The van der Waals surface area contributed by atoms with Gasteiger partial charge in [-0.25, -0.2) is 13.1 Å². The maximum Gasteiger partial charge on any atom is 0.251 e. The summed E-state index contributed by atoms with van der Waals surface area (Å²) in [7, 11) is -2.36. The number of nitrogens with one attached hydrogen (secondary N) is 2. The number of hydrogen-bond acceptors (Lipinski definition) is 5. The van der Waals surface area contributed by atoms with Gasteiger partial charge in [-0.15, -0.1) is 12.4 Å². The number of carbonyl (C=O) groups excluding carboxylic acids is 1. The first kappa shape index (κ1) is 22.9. The predicted octanol–water partition coefficient (Wildman–Crippen LogP) is 2.20. The molecule has 0 aromatic heterocycles. The first-order valence-corrected chi connectivity index (χ1v) is 11.0. The fourth-order valence-corrected chi connectivity index (χ4v) is 5.23. The van der Waals surface area contributed by atoms with Gasteiger partial charge >= 0.3 is 0 Å².